The highest BCUT2D eigenvalue weighted by Crippen LogP contribution is 2.44. The lowest BCUT2D eigenvalue weighted by Crippen LogP contribution is -2.70. The summed E-state index contributed by atoms with van der Waals surface area (Å²) < 4.78 is 18.5. The molecule has 4 N–H and O–H groups in total. The van der Waals surface area contributed by atoms with Crippen LogP contribution in [0.5, 0.6) is 0 Å². The number of amides is 2. The van der Waals surface area contributed by atoms with Crippen molar-refractivity contribution in [1.82, 2.24) is 34.5 Å². The van der Waals surface area contributed by atoms with Crippen molar-refractivity contribution in [2.24, 2.45) is 5.41 Å². The van der Waals surface area contributed by atoms with Gasteiger partial charge >= 0.3 is 0 Å². The van der Waals surface area contributed by atoms with E-state index in [0.29, 0.717) is 65.2 Å². The van der Waals surface area contributed by atoms with Gasteiger partial charge in [0.25, 0.3) is 5.56 Å². The first-order valence-corrected chi connectivity index (χ1v) is 21.4. The smallest absolute Gasteiger partial charge is 0.278 e. The third-order valence-corrected chi connectivity index (χ3v) is 13.6. The molecule has 0 saturated carbocycles. The van der Waals surface area contributed by atoms with Crippen molar-refractivity contribution < 1.29 is 19.1 Å². The minimum atomic E-state index is -0.997. The summed E-state index contributed by atoms with van der Waals surface area (Å²) in [5, 5.41) is 20.3. The van der Waals surface area contributed by atoms with E-state index in [9.17, 15) is 19.5 Å². The molecule has 4 saturated heterocycles. The number of fused-ring (bicyclic) bond motifs is 2. The van der Waals surface area contributed by atoms with Crippen molar-refractivity contribution in [3.05, 3.63) is 101 Å². The van der Waals surface area contributed by atoms with Crippen LogP contribution in [0.25, 0.3) is 16.9 Å². The van der Waals surface area contributed by atoms with Gasteiger partial charge in [0.1, 0.15) is 22.8 Å². The molecule has 7 heterocycles. The SMILES string of the molecule is C=CCn1c(=O)c2cnc(Nc3ccc(N4CC(N5CC6(CCN(c7ccc(NC8CCC(=O)NC8=O)cc7F)CC6)C5)C4)cc3)nc2n1-c1ccc2c(n1)[C@@](O)(CC)CC2. The Kier molecular flexibility index (Phi) is 9.66. The molecule has 2 aromatic carbocycles. The second-order valence-corrected chi connectivity index (χ2v) is 17.4. The standard InChI is InChI=1S/C45H50FN11O4/c1-3-19-56-42(60)33-23-47-43(52-40(33)57(56)37-13-5-28-15-16-45(61,4-2)39(28)50-37)49-29-6-9-31(10-7-29)54-24-32(25-54)55-26-44(27-55)17-20-53(21-18-44)36-12-8-30(22-34(36)46)48-35-11-14-38(58)51-41(35)59/h3,5-10,12-13,22-23,32,35,48,61H,1,4,11,14-21,24-27H2,2H3,(H,47,49,52)(H,51,58,59)/t35?,45-/m1/s1. The van der Waals surface area contributed by atoms with Crippen LogP contribution in [0, 0.1) is 11.2 Å². The number of anilines is 5. The average molecular weight is 828 g/mol. The lowest BCUT2D eigenvalue weighted by atomic mass is 9.71. The average Bonchev–Trinajstić information content (AvgIpc) is 3.71. The number of aryl methyl sites for hydroxylation is 1. The van der Waals surface area contributed by atoms with E-state index >= 15 is 4.39 Å². The maximum atomic E-state index is 15.3. The van der Waals surface area contributed by atoms with Gasteiger partial charge in [0, 0.05) is 75.0 Å². The van der Waals surface area contributed by atoms with Gasteiger partial charge in [0.05, 0.1) is 17.9 Å². The number of halogens is 1. The van der Waals surface area contributed by atoms with Crippen molar-refractivity contribution in [1.29, 1.82) is 0 Å². The molecule has 316 valence electrons. The van der Waals surface area contributed by atoms with Gasteiger partial charge in [-0.2, -0.15) is 4.98 Å². The molecule has 1 unspecified atom stereocenters. The van der Waals surface area contributed by atoms with Crippen molar-refractivity contribution in [3.8, 4) is 5.82 Å². The number of aliphatic hydroxyl groups is 1. The van der Waals surface area contributed by atoms with Gasteiger partial charge in [-0.1, -0.05) is 19.1 Å². The van der Waals surface area contributed by atoms with Crippen LogP contribution in [0.1, 0.15) is 56.7 Å². The van der Waals surface area contributed by atoms with E-state index in [1.54, 1.807) is 27.7 Å². The molecule has 2 amide bonds. The fourth-order valence-electron chi connectivity index (χ4n) is 9.89. The van der Waals surface area contributed by atoms with Crippen LogP contribution in [0.4, 0.5) is 33.1 Å². The summed E-state index contributed by atoms with van der Waals surface area (Å²) in [6.07, 6.45) is 7.83. The quantitative estimate of drug-likeness (QED) is 0.108. The molecule has 5 aliphatic rings. The number of piperidine rings is 2. The molecule has 4 aliphatic heterocycles. The first-order chi connectivity index (χ1) is 29.5. The summed E-state index contributed by atoms with van der Waals surface area (Å²) in [4.78, 5) is 58.4. The number of hydrogen-bond acceptors (Lipinski definition) is 12. The van der Waals surface area contributed by atoms with Crippen LogP contribution >= 0.6 is 0 Å². The van der Waals surface area contributed by atoms with Crippen LogP contribution in [0.15, 0.2) is 78.2 Å². The Morgan fingerprint density at radius 2 is 1.74 bits per heavy atom. The monoisotopic (exact) mass is 827 g/mol. The number of benzene rings is 2. The fraction of sp³-hybridized carbons (Fsp3) is 0.422. The van der Waals surface area contributed by atoms with Crippen molar-refractivity contribution in [2.75, 3.05) is 59.7 Å². The van der Waals surface area contributed by atoms with E-state index in [4.69, 9.17) is 9.97 Å². The number of rotatable bonds is 11. The Morgan fingerprint density at radius 1 is 0.967 bits per heavy atom. The normalized spacial score (nSPS) is 22.5. The molecule has 16 heteroatoms. The first kappa shape index (κ1) is 39.0. The Hall–Kier alpha value is -6.13. The van der Waals surface area contributed by atoms with Crippen LogP contribution in [0.2, 0.25) is 0 Å². The molecule has 1 spiro atoms. The van der Waals surface area contributed by atoms with Gasteiger partial charge in [0.2, 0.25) is 17.8 Å². The second kappa shape index (κ2) is 15.1. The van der Waals surface area contributed by atoms with E-state index in [2.05, 4.69) is 54.3 Å². The van der Waals surface area contributed by atoms with Gasteiger partial charge in [-0.25, -0.2) is 23.7 Å². The van der Waals surface area contributed by atoms with E-state index < -0.39 is 11.6 Å². The predicted molar refractivity (Wildman–Crippen MR) is 231 cm³/mol. The summed E-state index contributed by atoms with van der Waals surface area (Å²) in [5.74, 6) is -0.112. The van der Waals surface area contributed by atoms with Crippen molar-refractivity contribution >= 4 is 51.5 Å². The number of nitrogens with one attached hydrogen (secondary N) is 3. The molecule has 4 fully saturated rings. The first-order valence-electron chi connectivity index (χ1n) is 21.4. The topological polar surface area (TPSA) is 166 Å². The highest BCUT2D eigenvalue weighted by atomic mass is 19.1. The summed E-state index contributed by atoms with van der Waals surface area (Å²) in [6.45, 7) is 11.7. The Balaban J connectivity index is 0.735. The van der Waals surface area contributed by atoms with Crippen molar-refractivity contribution in [3.63, 3.8) is 0 Å². The molecule has 1 aliphatic carbocycles. The third-order valence-electron chi connectivity index (χ3n) is 13.6. The number of nitrogens with zero attached hydrogens (tertiary/aromatic N) is 8. The lowest BCUT2D eigenvalue weighted by molar-refractivity contribution is -0.133. The zero-order valence-corrected chi connectivity index (χ0v) is 34.2. The number of carbonyl (C=O) groups excluding carboxylic acids is 2. The van der Waals surface area contributed by atoms with Gasteiger partial charge < -0.3 is 25.5 Å². The number of carbonyl (C=O) groups is 2. The summed E-state index contributed by atoms with van der Waals surface area (Å²) >= 11 is 0. The maximum Gasteiger partial charge on any atom is 0.278 e. The fourth-order valence-corrected chi connectivity index (χ4v) is 9.89. The summed E-state index contributed by atoms with van der Waals surface area (Å²) in [7, 11) is 0. The highest BCUT2D eigenvalue weighted by Gasteiger charge is 2.49. The van der Waals surface area contributed by atoms with E-state index in [1.807, 2.05) is 37.3 Å². The van der Waals surface area contributed by atoms with Gasteiger partial charge in [-0.15, -0.1) is 6.58 Å². The van der Waals surface area contributed by atoms with Gasteiger partial charge in [-0.05, 0) is 98.0 Å². The second-order valence-electron chi connectivity index (χ2n) is 17.4. The number of likely N-dealkylation sites (tertiary alicyclic amines) is 1. The number of allylic oxidation sites excluding steroid dienone is 1. The molecule has 0 radical (unpaired) electrons. The van der Waals surface area contributed by atoms with E-state index in [0.717, 1.165) is 75.5 Å². The van der Waals surface area contributed by atoms with E-state index in [1.165, 1.54) is 6.07 Å². The van der Waals surface area contributed by atoms with Crippen LogP contribution in [0.3, 0.4) is 0 Å². The Labute approximate surface area is 352 Å². The molecule has 15 nitrogen and oxygen atoms in total. The highest BCUT2D eigenvalue weighted by molar-refractivity contribution is 6.01. The minimum absolute atomic E-state index is 0.246. The Morgan fingerprint density at radius 3 is 2.46 bits per heavy atom. The molecule has 61 heavy (non-hydrogen) atoms. The van der Waals surface area contributed by atoms with Gasteiger partial charge in [0.15, 0.2) is 11.5 Å². The molecule has 0 bridgehead atoms. The largest absolute Gasteiger partial charge is 0.384 e. The van der Waals surface area contributed by atoms with Crippen molar-refractivity contribution in [2.45, 2.75) is 76.1 Å². The third kappa shape index (κ3) is 7.00. The zero-order valence-electron chi connectivity index (χ0n) is 34.2. The van der Waals surface area contributed by atoms with Crippen LogP contribution in [-0.4, -0.2) is 97.5 Å². The number of hydrogen-bond donors (Lipinski definition) is 4. The molecule has 3 aromatic heterocycles. The number of imide groups is 1. The van der Waals surface area contributed by atoms with Gasteiger partial charge in [-0.3, -0.25) is 24.6 Å². The minimum Gasteiger partial charge on any atom is -0.384 e. The Bertz CT molecular complexity index is 2610. The zero-order chi connectivity index (χ0) is 42.0. The maximum absolute atomic E-state index is 15.3. The predicted octanol–water partition coefficient (Wildman–Crippen LogP) is 4.60. The molecule has 2 atom stereocenters. The molecular weight excluding hydrogens is 778 g/mol. The molecule has 10 rings (SSSR count). The molecular formula is C45H50FN11O4. The van der Waals surface area contributed by atoms with Crippen LogP contribution < -0.4 is 31.3 Å². The number of aromatic nitrogens is 5. The lowest BCUT2D eigenvalue weighted by Gasteiger charge is -2.60. The number of pyridine rings is 1. The van der Waals surface area contributed by atoms with Crippen LogP contribution in [-0.2, 0) is 28.2 Å². The van der Waals surface area contributed by atoms with E-state index in [-0.39, 0.29) is 41.6 Å². The summed E-state index contributed by atoms with van der Waals surface area (Å²) in [5.41, 5.74) is 4.20. The molecule has 5 aromatic rings. The summed E-state index contributed by atoms with van der Waals surface area (Å²) in [6, 6.07) is 17.1.